The van der Waals surface area contributed by atoms with Gasteiger partial charge in [0.25, 0.3) is 20.2 Å². The predicted octanol–water partition coefficient (Wildman–Crippen LogP) is 9.15. The van der Waals surface area contributed by atoms with Gasteiger partial charge in [0.2, 0.25) is 0 Å². The van der Waals surface area contributed by atoms with Crippen molar-refractivity contribution in [3.63, 3.8) is 0 Å². The summed E-state index contributed by atoms with van der Waals surface area (Å²) in [5, 5.41) is 4.53. The number of anilines is 2. The maximum atomic E-state index is 11.4. The summed E-state index contributed by atoms with van der Waals surface area (Å²) >= 11 is 0. The van der Waals surface area contributed by atoms with Crippen LogP contribution in [-0.2, 0) is 31.1 Å². The first-order valence-electron chi connectivity index (χ1n) is 18.7. The summed E-state index contributed by atoms with van der Waals surface area (Å²) in [6.45, 7) is 9.65. The first kappa shape index (κ1) is 37.1. The molecule has 0 aliphatic carbocycles. The average molecular weight is 756 g/mol. The Kier molecular flexibility index (Phi) is 10.7. The molecule has 8 nitrogen and oxygen atoms in total. The zero-order chi connectivity index (χ0) is 38.9. The van der Waals surface area contributed by atoms with Crippen LogP contribution < -0.4 is 9.80 Å². The van der Waals surface area contributed by atoms with Gasteiger partial charge in [-0.1, -0.05) is 125 Å². The van der Waals surface area contributed by atoms with E-state index in [-0.39, 0.29) is 16.9 Å². The molecule has 0 aromatic heterocycles. The Balaban J connectivity index is 1.25. The molecule has 0 saturated carbocycles. The zero-order valence-electron chi connectivity index (χ0n) is 31.9. The molecule has 1 atom stereocenters. The smallest absolute Gasteiger partial charge is 0.264 e. The second-order valence-corrected chi connectivity index (χ2v) is 18.1. The summed E-state index contributed by atoms with van der Waals surface area (Å²) in [5.41, 5.74) is 4.51. The van der Waals surface area contributed by atoms with E-state index in [2.05, 4.69) is 92.1 Å². The highest BCUT2D eigenvalue weighted by Crippen LogP contribution is 2.51. The van der Waals surface area contributed by atoms with Crippen molar-refractivity contribution in [2.24, 2.45) is 0 Å². The summed E-state index contributed by atoms with van der Waals surface area (Å²) < 4.78 is 74.1. The van der Waals surface area contributed by atoms with Crippen LogP contribution in [0.2, 0.25) is 0 Å². The number of benzene rings is 4. The first-order valence-corrected chi connectivity index (χ1v) is 21.4. The third-order valence-electron chi connectivity index (χ3n) is 10.5. The van der Waals surface area contributed by atoms with Crippen LogP contribution in [0, 0.1) is 0 Å². The van der Waals surface area contributed by atoms with Gasteiger partial charge in [-0.25, -0.2) is 0 Å². The minimum absolute atomic E-state index is 0.267. The Morgan fingerprint density at radius 1 is 0.660 bits per heavy atom. The molecule has 0 saturated heterocycles. The van der Waals surface area contributed by atoms with Gasteiger partial charge in [-0.15, -0.1) is 0 Å². The van der Waals surface area contributed by atoms with Gasteiger partial charge in [0.05, 0.1) is 18.9 Å². The summed E-state index contributed by atoms with van der Waals surface area (Å²) in [4.78, 5) is 4.31. The molecular weight excluding hydrogens is 705 g/mol. The van der Waals surface area contributed by atoms with E-state index in [4.69, 9.17) is 0 Å². The van der Waals surface area contributed by atoms with Gasteiger partial charge in [-0.3, -0.25) is 9.11 Å². The van der Waals surface area contributed by atoms with Crippen molar-refractivity contribution in [1.82, 2.24) is 0 Å². The minimum atomic E-state index is -4.06. The van der Waals surface area contributed by atoms with Crippen LogP contribution in [0.15, 0.2) is 121 Å². The Labute approximate surface area is 316 Å². The number of rotatable bonds is 14. The van der Waals surface area contributed by atoms with Gasteiger partial charge >= 0.3 is 0 Å². The highest BCUT2D eigenvalue weighted by atomic mass is 32.2. The molecule has 6 rings (SSSR count). The molecule has 0 radical (unpaired) electrons. The van der Waals surface area contributed by atoms with Crippen LogP contribution in [0.4, 0.5) is 11.4 Å². The Bertz CT molecular complexity index is 2400. The molecule has 4 aromatic rings. The number of fused-ring (bicyclic) bond motifs is 6. The lowest BCUT2D eigenvalue weighted by Gasteiger charge is -2.32. The molecule has 1 unspecified atom stereocenters. The molecule has 4 aromatic carbocycles. The molecule has 10 heteroatoms. The molecule has 0 fully saturated rings. The number of allylic oxidation sites excluding steroid dienone is 7. The lowest BCUT2D eigenvalue weighted by Crippen LogP contribution is -2.40. The van der Waals surface area contributed by atoms with Gasteiger partial charge < -0.3 is 9.80 Å². The maximum absolute atomic E-state index is 11.4. The third-order valence-corrected chi connectivity index (χ3v) is 12.1. The van der Waals surface area contributed by atoms with E-state index >= 15 is 0 Å². The Hall–Kier alpha value is -4.22. The van der Waals surface area contributed by atoms with Crippen molar-refractivity contribution in [1.29, 1.82) is 0 Å². The van der Waals surface area contributed by atoms with Gasteiger partial charge in [0.15, 0.2) is 0 Å². The van der Waals surface area contributed by atoms with Crippen LogP contribution >= 0.6 is 0 Å². The molecule has 2 heterocycles. The number of hydrogen-bond acceptors (Lipinski definition) is 6. The lowest BCUT2D eigenvalue weighted by atomic mass is 9.78. The van der Waals surface area contributed by atoms with Gasteiger partial charge in [0.1, 0.15) is 0 Å². The standard InChI is InChI=1S/C43H50N2O6S2/c1-42(2)38(44(28-14-16-30-52(46,47)48)36-26-24-32-18-10-12-20-34(32)40(36)42)22-8-6-5-7-9-23-39-43(3,4)41-35-21-13-11-19-33(35)25-27-37(41)45(39)29-15-17-31-53(49,50)51/h5-13,18-27,38H,14-17,28-31H2,1-4H3,(H,46,47,48)(H,49,50,51)/b6-5+,9-7+,22-8+,39-23+/i38D. The van der Waals surface area contributed by atoms with E-state index in [0.717, 1.165) is 38.8 Å². The van der Waals surface area contributed by atoms with E-state index in [1.807, 2.05) is 60.7 Å². The fourth-order valence-electron chi connectivity index (χ4n) is 8.15. The molecule has 0 amide bonds. The van der Waals surface area contributed by atoms with E-state index in [1.54, 1.807) is 0 Å². The summed E-state index contributed by atoms with van der Waals surface area (Å²) in [5.74, 6) is -0.579. The highest BCUT2D eigenvalue weighted by molar-refractivity contribution is 7.86. The van der Waals surface area contributed by atoms with E-state index in [0.29, 0.717) is 38.8 Å². The molecule has 0 spiro atoms. The first-order chi connectivity index (χ1) is 25.5. The molecule has 53 heavy (non-hydrogen) atoms. The van der Waals surface area contributed by atoms with E-state index in [1.165, 1.54) is 10.9 Å². The number of hydrogen-bond donors (Lipinski definition) is 2. The molecule has 2 aliphatic rings. The maximum Gasteiger partial charge on any atom is 0.264 e. The van der Waals surface area contributed by atoms with Crippen LogP contribution in [0.1, 0.15) is 65.9 Å². The second kappa shape index (κ2) is 15.3. The summed E-state index contributed by atoms with van der Waals surface area (Å²) in [7, 11) is -8.09. The van der Waals surface area contributed by atoms with Crippen molar-refractivity contribution in [2.75, 3.05) is 34.4 Å². The fraction of sp³-hybridized carbons (Fsp3) is 0.349. The molecular formula is C43H50N2O6S2. The highest BCUT2D eigenvalue weighted by Gasteiger charge is 2.44. The van der Waals surface area contributed by atoms with Crippen LogP contribution in [0.25, 0.3) is 21.5 Å². The van der Waals surface area contributed by atoms with Crippen LogP contribution in [0.3, 0.4) is 0 Å². The van der Waals surface area contributed by atoms with Crippen LogP contribution in [-0.4, -0.2) is 56.6 Å². The van der Waals surface area contributed by atoms with E-state index in [9.17, 15) is 27.3 Å². The van der Waals surface area contributed by atoms with Crippen molar-refractivity contribution in [2.45, 2.75) is 70.2 Å². The Morgan fingerprint density at radius 2 is 1.19 bits per heavy atom. The monoisotopic (exact) mass is 755 g/mol. The number of unbranched alkanes of at least 4 members (excludes halogenated alkanes) is 2. The molecule has 280 valence electrons. The molecule has 0 bridgehead atoms. The third kappa shape index (κ3) is 8.31. The topological polar surface area (TPSA) is 115 Å². The molecule has 2 aliphatic heterocycles. The predicted molar refractivity (Wildman–Crippen MR) is 219 cm³/mol. The van der Waals surface area contributed by atoms with E-state index < -0.39 is 31.7 Å². The SMILES string of the molecule is [2H]C1(/C=C/C=C/C=C/C=C2/N(CCCCS(=O)(=O)O)c3ccc4ccccc4c3C2(C)C)N(CCCCS(=O)(=O)O)c2ccc3ccccc3c2C1(C)C. The summed E-state index contributed by atoms with van der Waals surface area (Å²) in [6.07, 6.45) is 15.4. The van der Waals surface area contributed by atoms with Crippen molar-refractivity contribution in [3.8, 4) is 0 Å². The van der Waals surface area contributed by atoms with Gasteiger partial charge in [-0.2, -0.15) is 16.8 Å². The zero-order valence-corrected chi connectivity index (χ0v) is 32.5. The average Bonchev–Trinajstić information content (AvgIpc) is 3.43. The fourth-order valence-corrected chi connectivity index (χ4v) is 9.28. The van der Waals surface area contributed by atoms with Gasteiger partial charge in [-0.05, 0) is 76.6 Å². The second-order valence-electron chi connectivity index (χ2n) is 15.0. The normalized spacial score (nSPS) is 20.8. The van der Waals surface area contributed by atoms with Crippen molar-refractivity contribution >= 4 is 53.2 Å². The Morgan fingerprint density at radius 3 is 1.81 bits per heavy atom. The van der Waals surface area contributed by atoms with Crippen molar-refractivity contribution in [3.05, 3.63) is 132 Å². The van der Waals surface area contributed by atoms with Crippen molar-refractivity contribution < 1.29 is 27.3 Å². The lowest BCUT2D eigenvalue weighted by molar-refractivity contribution is 0.468. The summed E-state index contributed by atoms with van der Waals surface area (Å²) in [6, 6.07) is 23.7. The largest absolute Gasteiger partial charge is 0.364 e. The number of nitrogens with zero attached hydrogens (tertiary/aromatic N) is 2. The van der Waals surface area contributed by atoms with Gasteiger partial charge in [0, 0.05) is 41.0 Å². The minimum Gasteiger partial charge on any atom is -0.364 e. The quantitative estimate of drug-likeness (QED) is 0.0744. The van der Waals surface area contributed by atoms with Crippen LogP contribution in [0.5, 0.6) is 0 Å². The molecule has 2 N–H and O–H groups in total.